The number of carbonyl (C=O) groups is 1. The molecule has 0 bridgehead atoms. The zero-order valence-corrected chi connectivity index (χ0v) is 16.5. The van der Waals surface area contributed by atoms with Crippen LogP contribution in [0.5, 0.6) is 17.2 Å². The highest BCUT2D eigenvalue weighted by Crippen LogP contribution is 2.27. The predicted molar refractivity (Wildman–Crippen MR) is 111 cm³/mol. The minimum atomic E-state index is -0.430. The number of benzene rings is 2. The predicted octanol–water partition coefficient (Wildman–Crippen LogP) is 5.66. The lowest BCUT2D eigenvalue weighted by Gasteiger charge is -2.12. The number of hydrogen-bond donors (Lipinski definition) is 0. The number of para-hydroxylation sites is 2. The molecule has 4 nitrogen and oxygen atoms in total. The molecule has 0 aliphatic carbocycles. The summed E-state index contributed by atoms with van der Waals surface area (Å²) in [6.07, 6.45) is 11.2. The third-order valence-corrected chi connectivity index (χ3v) is 4.13. The van der Waals surface area contributed by atoms with Crippen LogP contribution in [0.3, 0.4) is 0 Å². The SMILES string of the molecule is C#CCCCOc1ccc(C(=O)Oc2ccccc2OCCCCCC)cc1. The van der Waals surface area contributed by atoms with Crippen molar-refractivity contribution in [3.8, 4) is 29.6 Å². The molecule has 0 aliphatic rings. The number of esters is 1. The zero-order chi connectivity index (χ0) is 20.0. The molecular formula is C24H28O4. The lowest BCUT2D eigenvalue weighted by atomic mass is 10.2. The minimum Gasteiger partial charge on any atom is -0.494 e. The van der Waals surface area contributed by atoms with Crippen LogP contribution in [0.15, 0.2) is 48.5 Å². The molecule has 0 amide bonds. The van der Waals surface area contributed by atoms with E-state index in [1.165, 1.54) is 12.8 Å². The Balaban J connectivity index is 1.89. The van der Waals surface area contributed by atoms with Crippen molar-refractivity contribution in [2.75, 3.05) is 13.2 Å². The maximum atomic E-state index is 12.5. The van der Waals surface area contributed by atoms with Gasteiger partial charge >= 0.3 is 5.97 Å². The molecule has 0 spiro atoms. The van der Waals surface area contributed by atoms with Gasteiger partial charge in [0.15, 0.2) is 11.5 Å². The fourth-order valence-electron chi connectivity index (χ4n) is 2.57. The average molecular weight is 380 g/mol. The minimum absolute atomic E-state index is 0.428. The van der Waals surface area contributed by atoms with Crippen LogP contribution in [0.4, 0.5) is 0 Å². The van der Waals surface area contributed by atoms with E-state index < -0.39 is 5.97 Å². The molecule has 148 valence electrons. The molecule has 0 saturated heterocycles. The molecule has 2 aromatic rings. The van der Waals surface area contributed by atoms with Gasteiger partial charge in [0.05, 0.1) is 18.8 Å². The summed E-state index contributed by atoms with van der Waals surface area (Å²) < 4.78 is 16.9. The number of ether oxygens (including phenoxy) is 3. The number of rotatable bonds is 12. The van der Waals surface area contributed by atoms with E-state index in [-0.39, 0.29) is 0 Å². The van der Waals surface area contributed by atoms with Crippen molar-refractivity contribution in [2.45, 2.75) is 45.4 Å². The first-order valence-corrected chi connectivity index (χ1v) is 9.85. The third-order valence-electron chi connectivity index (χ3n) is 4.13. The first-order chi connectivity index (χ1) is 13.7. The molecule has 0 atom stereocenters. The molecule has 0 aromatic heterocycles. The molecule has 0 unspecified atom stereocenters. The normalized spacial score (nSPS) is 10.1. The van der Waals surface area contributed by atoms with Crippen LogP contribution < -0.4 is 14.2 Å². The van der Waals surface area contributed by atoms with Crippen LogP contribution >= 0.6 is 0 Å². The molecule has 0 N–H and O–H groups in total. The topological polar surface area (TPSA) is 44.8 Å². The van der Waals surface area contributed by atoms with Gasteiger partial charge in [-0.2, -0.15) is 0 Å². The highest BCUT2D eigenvalue weighted by Gasteiger charge is 2.12. The number of carbonyl (C=O) groups excluding carboxylic acids is 1. The van der Waals surface area contributed by atoms with Crippen molar-refractivity contribution in [3.05, 3.63) is 54.1 Å². The average Bonchev–Trinajstić information content (AvgIpc) is 2.72. The van der Waals surface area contributed by atoms with E-state index in [9.17, 15) is 4.79 Å². The Labute approximate surface area is 167 Å². The highest BCUT2D eigenvalue weighted by molar-refractivity contribution is 5.91. The van der Waals surface area contributed by atoms with E-state index in [4.69, 9.17) is 20.6 Å². The molecule has 2 rings (SSSR count). The monoisotopic (exact) mass is 380 g/mol. The Kier molecular flexibility index (Phi) is 9.51. The Hall–Kier alpha value is -2.93. The second kappa shape index (κ2) is 12.5. The molecule has 0 fully saturated rings. The van der Waals surface area contributed by atoms with E-state index in [1.807, 2.05) is 18.2 Å². The zero-order valence-electron chi connectivity index (χ0n) is 16.5. The summed E-state index contributed by atoms with van der Waals surface area (Å²) in [5.74, 6) is 3.86. The molecule has 0 heterocycles. The summed E-state index contributed by atoms with van der Waals surface area (Å²) in [4.78, 5) is 12.5. The number of unbranched alkanes of at least 4 members (excludes halogenated alkanes) is 4. The lowest BCUT2D eigenvalue weighted by molar-refractivity contribution is 0.0728. The van der Waals surface area contributed by atoms with E-state index in [1.54, 1.807) is 30.3 Å². The lowest BCUT2D eigenvalue weighted by Crippen LogP contribution is -2.10. The van der Waals surface area contributed by atoms with Crippen molar-refractivity contribution >= 4 is 5.97 Å². The standard InChI is InChI=1S/C24H28O4/c1-3-5-7-11-19-27-22-12-8-9-13-23(22)28-24(25)20-14-16-21(17-15-20)26-18-10-6-4-2/h2,8-9,12-17H,3,5-7,10-11,18-19H2,1H3. The smallest absolute Gasteiger partial charge is 0.343 e. The van der Waals surface area contributed by atoms with Crippen molar-refractivity contribution in [2.24, 2.45) is 0 Å². The summed E-state index contributed by atoms with van der Waals surface area (Å²) in [5.41, 5.74) is 0.453. The van der Waals surface area contributed by atoms with Gasteiger partial charge in [-0.15, -0.1) is 12.3 Å². The van der Waals surface area contributed by atoms with Gasteiger partial charge in [-0.25, -0.2) is 4.79 Å². The van der Waals surface area contributed by atoms with Gasteiger partial charge < -0.3 is 14.2 Å². The first kappa shape index (κ1) is 21.4. The van der Waals surface area contributed by atoms with Crippen LogP contribution in [-0.2, 0) is 0 Å². The first-order valence-electron chi connectivity index (χ1n) is 9.85. The third kappa shape index (κ3) is 7.36. The van der Waals surface area contributed by atoms with Crippen LogP contribution in [0, 0.1) is 12.3 Å². The van der Waals surface area contributed by atoms with Gasteiger partial charge in [-0.05, 0) is 49.2 Å². The maximum Gasteiger partial charge on any atom is 0.343 e. The van der Waals surface area contributed by atoms with Gasteiger partial charge in [0.25, 0.3) is 0 Å². The Morgan fingerprint density at radius 3 is 2.32 bits per heavy atom. The summed E-state index contributed by atoms with van der Waals surface area (Å²) in [7, 11) is 0. The van der Waals surface area contributed by atoms with E-state index in [2.05, 4.69) is 12.8 Å². The molecule has 0 aliphatic heterocycles. The van der Waals surface area contributed by atoms with Crippen molar-refractivity contribution < 1.29 is 19.0 Å². The number of hydrogen-bond acceptors (Lipinski definition) is 4. The van der Waals surface area contributed by atoms with E-state index >= 15 is 0 Å². The van der Waals surface area contributed by atoms with Gasteiger partial charge in [-0.3, -0.25) is 0 Å². The number of terminal acetylenes is 1. The summed E-state index contributed by atoms with van der Waals surface area (Å²) in [5, 5.41) is 0. The Morgan fingerprint density at radius 1 is 0.893 bits per heavy atom. The Morgan fingerprint density at radius 2 is 1.61 bits per heavy atom. The maximum absolute atomic E-state index is 12.5. The van der Waals surface area contributed by atoms with Crippen LogP contribution in [0.1, 0.15) is 55.8 Å². The fraction of sp³-hybridized carbons (Fsp3) is 0.375. The Bertz CT molecular complexity index is 759. The van der Waals surface area contributed by atoms with Crippen LogP contribution in [0.2, 0.25) is 0 Å². The summed E-state index contributed by atoms with van der Waals surface area (Å²) in [6.45, 7) is 3.34. The summed E-state index contributed by atoms with van der Waals surface area (Å²) >= 11 is 0. The second-order valence-corrected chi connectivity index (χ2v) is 6.43. The quantitative estimate of drug-likeness (QED) is 0.206. The molecule has 4 heteroatoms. The van der Waals surface area contributed by atoms with Gasteiger partial charge in [0, 0.05) is 6.42 Å². The van der Waals surface area contributed by atoms with E-state index in [0.717, 1.165) is 19.3 Å². The molecule has 0 radical (unpaired) electrons. The van der Waals surface area contributed by atoms with Crippen LogP contribution in [0.25, 0.3) is 0 Å². The van der Waals surface area contributed by atoms with Gasteiger partial charge in [0.2, 0.25) is 0 Å². The second-order valence-electron chi connectivity index (χ2n) is 6.43. The van der Waals surface area contributed by atoms with Gasteiger partial charge in [-0.1, -0.05) is 38.3 Å². The summed E-state index contributed by atoms with van der Waals surface area (Å²) in [6, 6.07) is 14.1. The van der Waals surface area contributed by atoms with Crippen molar-refractivity contribution in [1.82, 2.24) is 0 Å². The van der Waals surface area contributed by atoms with Crippen LogP contribution in [-0.4, -0.2) is 19.2 Å². The van der Waals surface area contributed by atoms with Gasteiger partial charge in [0.1, 0.15) is 5.75 Å². The van der Waals surface area contributed by atoms with Crippen molar-refractivity contribution in [3.63, 3.8) is 0 Å². The molecular weight excluding hydrogens is 352 g/mol. The molecule has 0 saturated carbocycles. The fourth-order valence-corrected chi connectivity index (χ4v) is 2.57. The van der Waals surface area contributed by atoms with Crippen molar-refractivity contribution in [1.29, 1.82) is 0 Å². The molecule has 28 heavy (non-hydrogen) atoms. The van der Waals surface area contributed by atoms with E-state index in [0.29, 0.717) is 42.4 Å². The molecule has 2 aromatic carbocycles. The largest absolute Gasteiger partial charge is 0.494 e. The highest BCUT2D eigenvalue weighted by atomic mass is 16.6.